The molecule has 2 heterocycles. The van der Waals surface area contributed by atoms with E-state index in [-0.39, 0.29) is 9.77 Å². The predicted molar refractivity (Wildman–Crippen MR) is 93.3 cm³/mol. The molecule has 0 saturated carbocycles. The fourth-order valence-corrected chi connectivity index (χ4v) is 5.50. The maximum absolute atomic E-state index is 13.6. The van der Waals surface area contributed by atoms with Gasteiger partial charge in [-0.1, -0.05) is 0 Å². The number of Topliss-reactive ketones (excluding diaryl/α,β-unsaturated/α-hetero) is 1. The molecule has 0 atom stereocenters. The molecule has 144 valence electrons. The zero-order chi connectivity index (χ0) is 19.6. The van der Waals surface area contributed by atoms with Crippen molar-refractivity contribution in [3.8, 4) is 0 Å². The summed E-state index contributed by atoms with van der Waals surface area (Å²) in [5, 5.41) is 1.44. The summed E-state index contributed by atoms with van der Waals surface area (Å²) in [6.45, 7) is -0.0751. The lowest BCUT2D eigenvalue weighted by atomic mass is 10.1. The number of hydrogen-bond donors (Lipinski definition) is 0. The van der Waals surface area contributed by atoms with E-state index in [0.29, 0.717) is 19.2 Å². The number of sulfonamides is 1. The van der Waals surface area contributed by atoms with E-state index < -0.39 is 45.6 Å². The summed E-state index contributed by atoms with van der Waals surface area (Å²) in [6.07, 6.45) is 1.49. The molecule has 0 amide bonds. The summed E-state index contributed by atoms with van der Waals surface area (Å²) in [5.74, 6) is -3.68. The Morgan fingerprint density at radius 3 is 2.56 bits per heavy atom. The molecule has 27 heavy (non-hydrogen) atoms. The first-order valence-electron chi connectivity index (χ1n) is 8.03. The largest absolute Gasteiger partial charge is 0.453 e. The topological polar surface area (TPSA) is 80.8 Å². The van der Waals surface area contributed by atoms with E-state index in [1.165, 1.54) is 15.8 Å². The minimum Gasteiger partial charge on any atom is -0.453 e. The van der Waals surface area contributed by atoms with Gasteiger partial charge in [-0.25, -0.2) is 22.0 Å². The van der Waals surface area contributed by atoms with Gasteiger partial charge in [-0.05, 0) is 42.5 Å². The van der Waals surface area contributed by atoms with Crippen LogP contribution in [0.4, 0.5) is 8.78 Å². The summed E-state index contributed by atoms with van der Waals surface area (Å²) in [6, 6.07) is 3.67. The number of carbonyl (C=O) groups is 2. The standard InChI is InChI=1S/C17H15F2NO5S2/c18-11-3-4-13(19)12(9-11)14(21)10-25-17(22)16-15(5-8-26-16)27(23,24)20-6-1-2-7-20/h3-5,8-9H,1-2,6-7,10H2. The first kappa shape index (κ1) is 19.6. The molecular formula is C17H15F2NO5S2. The Hall–Kier alpha value is -2.17. The second-order valence-corrected chi connectivity index (χ2v) is 8.67. The van der Waals surface area contributed by atoms with Crippen LogP contribution in [0.15, 0.2) is 34.5 Å². The molecule has 0 bridgehead atoms. The third-order valence-corrected chi connectivity index (χ3v) is 7.03. The Labute approximate surface area is 158 Å². The minimum absolute atomic E-state index is 0.158. The van der Waals surface area contributed by atoms with Crippen molar-refractivity contribution in [1.29, 1.82) is 0 Å². The maximum atomic E-state index is 13.6. The van der Waals surface area contributed by atoms with Crippen molar-refractivity contribution in [3.05, 3.63) is 51.7 Å². The van der Waals surface area contributed by atoms with Gasteiger partial charge in [0.15, 0.2) is 6.61 Å². The third kappa shape index (κ3) is 4.07. The van der Waals surface area contributed by atoms with Crippen LogP contribution in [-0.2, 0) is 14.8 Å². The lowest BCUT2D eigenvalue weighted by molar-refractivity contribution is 0.0475. The fraction of sp³-hybridized carbons (Fsp3) is 0.294. The van der Waals surface area contributed by atoms with Crippen molar-refractivity contribution in [2.24, 2.45) is 0 Å². The van der Waals surface area contributed by atoms with Crippen LogP contribution in [0.5, 0.6) is 0 Å². The molecule has 10 heteroatoms. The van der Waals surface area contributed by atoms with E-state index in [1.54, 1.807) is 0 Å². The van der Waals surface area contributed by atoms with Crippen LogP contribution in [0.3, 0.4) is 0 Å². The number of hydrogen-bond acceptors (Lipinski definition) is 6. The van der Waals surface area contributed by atoms with E-state index in [2.05, 4.69) is 0 Å². The molecule has 6 nitrogen and oxygen atoms in total. The molecule has 1 aromatic carbocycles. The normalized spacial score (nSPS) is 15.0. The smallest absolute Gasteiger partial charge is 0.350 e. The summed E-state index contributed by atoms with van der Waals surface area (Å²) >= 11 is 0.871. The van der Waals surface area contributed by atoms with Crippen LogP contribution < -0.4 is 0 Å². The van der Waals surface area contributed by atoms with Crippen LogP contribution in [0, 0.1) is 11.6 Å². The summed E-state index contributed by atoms with van der Waals surface area (Å²) < 4.78 is 58.2. The van der Waals surface area contributed by atoms with Crippen molar-refractivity contribution in [2.45, 2.75) is 17.7 Å². The molecule has 1 aliphatic heterocycles. The summed E-state index contributed by atoms with van der Waals surface area (Å²) in [5.41, 5.74) is -0.543. The highest BCUT2D eigenvalue weighted by Gasteiger charge is 2.32. The molecule has 0 radical (unpaired) electrons. The first-order valence-corrected chi connectivity index (χ1v) is 10.4. The lowest BCUT2D eigenvalue weighted by Gasteiger charge is -2.15. The highest BCUT2D eigenvalue weighted by atomic mass is 32.2. The monoisotopic (exact) mass is 415 g/mol. The summed E-state index contributed by atoms with van der Waals surface area (Å²) in [7, 11) is -3.83. The molecule has 0 spiro atoms. The SMILES string of the molecule is O=C(COC(=O)c1sccc1S(=O)(=O)N1CCCC1)c1cc(F)ccc1F. The molecule has 0 unspecified atom stereocenters. The van der Waals surface area contributed by atoms with Gasteiger partial charge in [0.25, 0.3) is 0 Å². The van der Waals surface area contributed by atoms with Crippen LogP contribution >= 0.6 is 11.3 Å². The van der Waals surface area contributed by atoms with Gasteiger partial charge in [0.2, 0.25) is 15.8 Å². The number of carbonyl (C=O) groups excluding carboxylic acids is 2. The van der Waals surface area contributed by atoms with Crippen LogP contribution in [-0.4, -0.2) is 44.2 Å². The lowest BCUT2D eigenvalue weighted by Crippen LogP contribution is -2.29. The average Bonchev–Trinajstić information content (AvgIpc) is 3.33. The van der Waals surface area contributed by atoms with Crippen molar-refractivity contribution < 1.29 is 31.5 Å². The number of benzene rings is 1. The molecule has 3 rings (SSSR count). The Morgan fingerprint density at radius 1 is 1.15 bits per heavy atom. The average molecular weight is 415 g/mol. The summed E-state index contributed by atoms with van der Waals surface area (Å²) in [4.78, 5) is 23.9. The quantitative estimate of drug-likeness (QED) is 0.535. The number of rotatable bonds is 6. The van der Waals surface area contributed by atoms with Crippen molar-refractivity contribution in [2.75, 3.05) is 19.7 Å². The minimum atomic E-state index is -3.83. The van der Waals surface area contributed by atoms with Gasteiger partial charge in [0, 0.05) is 13.1 Å². The molecular weight excluding hydrogens is 400 g/mol. The zero-order valence-electron chi connectivity index (χ0n) is 14.0. The van der Waals surface area contributed by atoms with Crippen LogP contribution in [0.2, 0.25) is 0 Å². The van der Waals surface area contributed by atoms with Gasteiger partial charge in [-0.3, -0.25) is 4.79 Å². The molecule has 1 aliphatic rings. The number of nitrogens with zero attached hydrogens (tertiary/aromatic N) is 1. The van der Waals surface area contributed by atoms with Gasteiger partial charge in [0.1, 0.15) is 21.4 Å². The Morgan fingerprint density at radius 2 is 1.85 bits per heavy atom. The van der Waals surface area contributed by atoms with E-state index >= 15 is 0 Å². The Bertz CT molecular complexity index is 981. The van der Waals surface area contributed by atoms with Gasteiger partial charge >= 0.3 is 5.97 Å². The highest BCUT2D eigenvalue weighted by molar-refractivity contribution is 7.89. The van der Waals surface area contributed by atoms with E-state index in [9.17, 15) is 26.8 Å². The number of ketones is 1. The van der Waals surface area contributed by atoms with E-state index in [0.717, 1.165) is 36.3 Å². The van der Waals surface area contributed by atoms with Crippen LogP contribution in [0.1, 0.15) is 32.9 Å². The van der Waals surface area contributed by atoms with E-state index in [1.807, 2.05) is 0 Å². The van der Waals surface area contributed by atoms with Gasteiger partial charge in [0.05, 0.1) is 5.56 Å². The molecule has 0 aliphatic carbocycles. The van der Waals surface area contributed by atoms with Crippen LogP contribution in [0.25, 0.3) is 0 Å². The maximum Gasteiger partial charge on any atom is 0.350 e. The van der Waals surface area contributed by atoms with E-state index in [4.69, 9.17) is 4.74 Å². The third-order valence-electron chi connectivity index (χ3n) is 4.06. The Balaban J connectivity index is 1.73. The van der Waals surface area contributed by atoms with Gasteiger partial charge < -0.3 is 4.74 Å². The molecule has 0 N–H and O–H groups in total. The second-order valence-electron chi connectivity index (χ2n) is 5.85. The fourth-order valence-electron chi connectivity index (χ4n) is 2.70. The number of ether oxygens (including phenoxy) is 1. The van der Waals surface area contributed by atoms with Gasteiger partial charge in [-0.2, -0.15) is 4.31 Å². The molecule has 1 aromatic heterocycles. The molecule has 1 fully saturated rings. The van der Waals surface area contributed by atoms with Gasteiger partial charge in [-0.15, -0.1) is 11.3 Å². The molecule has 2 aromatic rings. The second kappa shape index (κ2) is 7.83. The Kier molecular flexibility index (Phi) is 5.68. The zero-order valence-corrected chi connectivity index (χ0v) is 15.6. The van der Waals surface area contributed by atoms with Crippen molar-refractivity contribution >= 4 is 33.1 Å². The predicted octanol–water partition coefficient (Wildman–Crippen LogP) is 2.85. The number of thiophene rings is 1. The highest BCUT2D eigenvalue weighted by Crippen LogP contribution is 2.28. The number of esters is 1. The number of halogens is 2. The van der Waals surface area contributed by atoms with Crippen molar-refractivity contribution in [3.63, 3.8) is 0 Å². The first-order chi connectivity index (χ1) is 12.8. The van der Waals surface area contributed by atoms with Crippen molar-refractivity contribution in [1.82, 2.24) is 4.31 Å². The molecule has 1 saturated heterocycles.